The monoisotopic (exact) mass is 438 g/mol. The molecule has 6 nitrogen and oxygen atoms in total. The lowest BCUT2D eigenvalue weighted by atomic mass is 10.1. The Morgan fingerprint density at radius 3 is 1.85 bits per heavy atom. The van der Waals surface area contributed by atoms with Crippen molar-refractivity contribution in [1.82, 2.24) is 0 Å². The molecule has 0 saturated carbocycles. The zero-order chi connectivity index (χ0) is 21.5. The number of halogens is 3. The lowest BCUT2D eigenvalue weighted by Gasteiger charge is -2.32. The molecular formula is C16H29F3O6S2. The van der Waals surface area contributed by atoms with Crippen LogP contribution < -0.4 is 0 Å². The number of rotatable bonds is 12. The van der Waals surface area contributed by atoms with Crippen molar-refractivity contribution in [3.05, 3.63) is 0 Å². The topological polar surface area (TPSA) is 94.6 Å². The Balaban J connectivity index is 6.35. The van der Waals surface area contributed by atoms with Gasteiger partial charge in [-0.05, 0) is 19.8 Å². The Morgan fingerprint density at radius 2 is 1.44 bits per heavy atom. The van der Waals surface area contributed by atoms with Gasteiger partial charge in [0.1, 0.15) is 0 Å². The second kappa shape index (κ2) is 10.1. The molecule has 162 valence electrons. The lowest BCUT2D eigenvalue weighted by Crippen LogP contribution is -2.54. The van der Waals surface area contributed by atoms with Crippen LogP contribution in [0.4, 0.5) is 13.2 Å². The average molecular weight is 439 g/mol. The van der Waals surface area contributed by atoms with Crippen molar-refractivity contribution in [2.75, 3.05) is 7.11 Å². The molecule has 0 aliphatic heterocycles. The third kappa shape index (κ3) is 5.58. The SMILES string of the molecule is CCCCCC(C(=O)OC)S(=O)(=O)C(C)(CCCCC)S(=O)(=O)C(F)(F)F. The average Bonchev–Trinajstić information content (AvgIpc) is 2.56. The van der Waals surface area contributed by atoms with E-state index in [-0.39, 0.29) is 19.3 Å². The Morgan fingerprint density at radius 1 is 0.963 bits per heavy atom. The number of hydrogen-bond acceptors (Lipinski definition) is 6. The molecule has 0 aromatic heterocycles. The first-order valence-electron chi connectivity index (χ1n) is 8.86. The van der Waals surface area contributed by atoms with Gasteiger partial charge < -0.3 is 4.74 Å². The molecule has 0 aliphatic carbocycles. The van der Waals surface area contributed by atoms with Gasteiger partial charge in [-0.2, -0.15) is 13.2 Å². The molecule has 0 radical (unpaired) electrons. The largest absolute Gasteiger partial charge is 0.498 e. The minimum atomic E-state index is -6.09. The minimum Gasteiger partial charge on any atom is -0.468 e. The third-order valence-corrected chi connectivity index (χ3v) is 10.5. The molecule has 0 aromatic carbocycles. The van der Waals surface area contributed by atoms with E-state index in [1.807, 2.05) is 6.92 Å². The molecule has 11 heteroatoms. The number of carbonyl (C=O) groups is 1. The van der Waals surface area contributed by atoms with E-state index in [1.54, 1.807) is 6.92 Å². The predicted molar refractivity (Wildman–Crippen MR) is 96.4 cm³/mol. The van der Waals surface area contributed by atoms with E-state index >= 15 is 0 Å². The molecule has 0 heterocycles. The number of esters is 1. The highest BCUT2D eigenvalue weighted by Gasteiger charge is 2.65. The van der Waals surface area contributed by atoms with Gasteiger partial charge in [-0.3, -0.25) is 4.79 Å². The van der Waals surface area contributed by atoms with Crippen LogP contribution in [0, 0.1) is 0 Å². The Kier molecular flexibility index (Phi) is 9.77. The van der Waals surface area contributed by atoms with Crippen LogP contribution in [-0.2, 0) is 29.2 Å². The molecule has 27 heavy (non-hydrogen) atoms. The van der Waals surface area contributed by atoms with Crippen LogP contribution in [-0.4, -0.2) is 44.8 Å². The molecule has 0 bridgehead atoms. The van der Waals surface area contributed by atoms with Crippen molar-refractivity contribution >= 4 is 25.6 Å². The maximum atomic E-state index is 13.3. The van der Waals surface area contributed by atoms with Crippen molar-refractivity contribution in [3.63, 3.8) is 0 Å². The molecule has 0 spiro atoms. The minimum absolute atomic E-state index is 0.0373. The van der Waals surface area contributed by atoms with Crippen molar-refractivity contribution < 1.29 is 39.5 Å². The molecule has 0 rings (SSSR count). The Labute approximate surface area is 159 Å². The van der Waals surface area contributed by atoms with Crippen molar-refractivity contribution in [3.8, 4) is 0 Å². The third-order valence-electron chi connectivity index (χ3n) is 4.62. The normalized spacial score (nSPS) is 16.6. The van der Waals surface area contributed by atoms with Gasteiger partial charge in [-0.25, -0.2) is 16.8 Å². The summed E-state index contributed by atoms with van der Waals surface area (Å²) in [6, 6.07) is 0. The van der Waals surface area contributed by atoms with Gasteiger partial charge in [-0.15, -0.1) is 0 Å². The highest BCUT2D eigenvalue weighted by atomic mass is 32.3. The molecule has 2 unspecified atom stereocenters. The van der Waals surface area contributed by atoms with Crippen LogP contribution in [0.15, 0.2) is 0 Å². The number of ether oxygens (including phenoxy) is 1. The number of sulfone groups is 2. The highest BCUT2D eigenvalue weighted by Crippen LogP contribution is 2.43. The first-order chi connectivity index (χ1) is 12.2. The molecule has 0 aliphatic rings. The summed E-state index contributed by atoms with van der Waals surface area (Å²) in [7, 11) is -10.2. The summed E-state index contributed by atoms with van der Waals surface area (Å²) in [4.78, 5) is 12.0. The molecule has 0 amide bonds. The van der Waals surface area contributed by atoms with Crippen LogP contribution in [0.3, 0.4) is 0 Å². The number of methoxy groups -OCH3 is 1. The molecule has 0 saturated heterocycles. The van der Waals surface area contributed by atoms with E-state index in [9.17, 15) is 34.8 Å². The fourth-order valence-electron chi connectivity index (χ4n) is 2.78. The van der Waals surface area contributed by atoms with Gasteiger partial charge in [0.2, 0.25) is 0 Å². The van der Waals surface area contributed by atoms with E-state index in [0.717, 1.165) is 7.11 Å². The first-order valence-corrected chi connectivity index (χ1v) is 11.9. The lowest BCUT2D eigenvalue weighted by molar-refractivity contribution is -0.140. The van der Waals surface area contributed by atoms with Crippen LogP contribution in [0.2, 0.25) is 0 Å². The highest BCUT2D eigenvalue weighted by molar-refractivity contribution is 8.11. The number of alkyl halides is 3. The standard InChI is InChI=1S/C16H29F3O6S2/c1-5-7-9-11-13(14(20)25-4)26(21,22)15(3,12-10-8-6-2)27(23,24)16(17,18)19/h13H,5-12H2,1-4H3. The van der Waals surface area contributed by atoms with Gasteiger partial charge in [-0.1, -0.05) is 52.4 Å². The Bertz CT molecular complexity index is 685. The summed E-state index contributed by atoms with van der Waals surface area (Å²) in [6.07, 6.45) is 1.31. The van der Waals surface area contributed by atoms with Crippen molar-refractivity contribution in [2.45, 2.75) is 87.0 Å². The van der Waals surface area contributed by atoms with Gasteiger partial charge in [0.15, 0.2) is 19.2 Å². The fourth-order valence-corrected chi connectivity index (χ4v) is 7.40. The summed E-state index contributed by atoms with van der Waals surface area (Å²) < 4.78 is 91.6. The van der Waals surface area contributed by atoms with Crippen LogP contribution in [0.5, 0.6) is 0 Å². The zero-order valence-corrected chi connectivity index (χ0v) is 17.8. The van der Waals surface area contributed by atoms with Gasteiger partial charge >= 0.3 is 11.5 Å². The maximum Gasteiger partial charge on any atom is 0.498 e. The number of unbranched alkanes of at least 4 members (excludes halogenated alkanes) is 4. The molecule has 0 N–H and O–H groups in total. The second-order valence-corrected chi connectivity index (χ2v) is 11.8. The smallest absolute Gasteiger partial charge is 0.468 e. The second-order valence-electron chi connectivity index (χ2n) is 6.59. The summed E-state index contributed by atoms with van der Waals surface area (Å²) in [6.45, 7) is 4.12. The van der Waals surface area contributed by atoms with Gasteiger partial charge in [0, 0.05) is 0 Å². The number of carbonyl (C=O) groups excluding carboxylic acids is 1. The van der Waals surface area contributed by atoms with Crippen LogP contribution >= 0.6 is 0 Å². The molecule has 0 fully saturated rings. The van der Waals surface area contributed by atoms with E-state index < -0.39 is 46.9 Å². The van der Waals surface area contributed by atoms with Crippen molar-refractivity contribution in [2.24, 2.45) is 0 Å². The first kappa shape index (κ1) is 26.2. The summed E-state index contributed by atoms with van der Waals surface area (Å²) in [5.41, 5.74) is -5.76. The quantitative estimate of drug-likeness (QED) is 0.340. The number of hydrogen-bond donors (Lipinski definition) is 0. The zero-order valence-electron chi connectivity index (χ0n) is 16.1. The summed E-state index contributed by atoms with van der Waals surface area (Å²) >= 11 is 0. The van der Waals surface area contributed by atoms with E-state index in [4.69, 9.17) is 0 Å². The summed E-state index contributed by atoms with van der Waals surface area (Å²) in [5, 5.41) is -1.96. The van der Waals surface area contributed by atoms with E-state index in [2.05, 4.69) is 4.74 Å². The van der Waals surface area contributed by atoms with Gasteiger partial charge in [0.25, 0.3) is 9.84 Å². The van der Waals surface area contributed by atoms with E-state index in [0.29, 0.717) is 32.6 Å². The van der Waals surface area contributed by atoms with Crippen LogP contribution in [0.1, 0.15) is 72.1 Å². The van der Waals surface area contributed by atoms with Gasteiger partial charge in [0.05, 0.1) is 7.11 Å². The molecule has 2 atom stereocenters. The fraction of sp³-hybridized carbons (Fsp3) is 0.938. The molecule has 0 aromatic rings. The molecular weight excluding hydrogens is 409 g/mol. The Hall–Kier alpha value is -0.840. The summed E-state index contributed by atoms with van der Waals surface area (Å²) in [5.74, 6) is -1.25. The maximum absolute atomic E-state index is 13.3. The van der Waals surface area contributed by atoms with Crippen LogP contribution in [0.25, 0.3) is 0 Å². The van der Waals surface area contributed by atoms with E-state index in [1.165, 1.54) is 0 Å². The van der Waals surface area contributed by atoms with Crippen molar-refractivity contribution in [1.29, 1.82) is 0 Å². The predicted octanol–water partition coefficient (Wildman–Crippen LogP) is 3.75.